The molecule has 0 aromatic carbocycles. The SMILES string of the molecule is C[C@]12CC[C@H](O)C[C@@H]1CC[C@H]1[C@H]3CC/C(=N\NC(=O)c4ccncc4)[C@@]3(C)CC[C@@H]12. The number of hydrazone groups is 1. The highest BCUT2D eigenvalue weighted by Gasteiger charge is 2.59. The van der Waals surface area contributed by atoms with Gasteiger partial charge in [-0.2, -0.15) is 5.10 Å². The van der Waals surface area contributed by atoms with E-state index >= 15 is 0 Å². The van der Waals surface area contributed by atoms with E-state index < -0.39 is 0 Å². The molecule has 7 atom stereocenters. The summed E-state index contributed by atoms with van der Waals surface area (Å²) in [6, 6.07) is 3.44. The van der Waals surface area contributed by atoms with Crippen molar-refractivity contribution in [1.29, 1.82) is 0 Å². The average Bonchev–Trinajstić information content (AvgIpc) is 3.09. The van der Waals surface area contributed by atoms with Crippen LogP contribution >= 0.6 is 0 Å². The maximum absolute atomic E-state index is 12.5. The van der Waals surface area contributed by atoms with Gasteiger partial charge >= 0.3 is 0 Å². The molecule has 0 aliphatic heterocycles. The van der Waals surface area contributed by atoms with Crippen LogP contribution in [0, 0.1) is 34.5 Å². The van der Waals surface area contributed by atoms with Crippen LogP contribution in [0.4, 0.5) is 0 Å². The Morgan fingerprint density at radius 2 is 1.90 bits per heavy atom. The minimum atomic E-state index is -0.153. The van der Waals surface area contributed by atoms with Gasteiger partial charge in [-0.1, -0.05) is 13.8 Å². The number of nitrogens with zero attached hydrogens (tertiary/aromatic N) is 2. The summed E-state index contributed by atoms with van der Waals surface area (Å²) in [4.78, 5) is 16.4. The van der Waals surface area contributed by atoms with E-state index in [-0.39, 0.29) is 17.4 Å². The minimum absolute atomic E-state index is 0.0808. The zero-order valence-corrected chi connectivity index (χ0v) is 18.3. The first-order valence-electron chi connectivity index (χ1n) is 11.9. The third-order valence-electron chi connectivity index (χ3n) is 9.61. The molecule has 2 N–H and O–H groups in total. The van der Waals surface area contributed by atoms with Crippen LogP contribution in [0.3, 0.4) is 0 Å². The van der Waals surface area contributed by atoms with Crippen molar-refractivity contribution < 1.29 is 9.90 Å². The molecule has 4 aliphatic carbocycles. The van der Waals surface area contributed by atoms with Gasteiger partial charge in [-0.15, -0.1) is 0 Å². The molecule has 4 saturated carbocycles. The molecule has 0 unspecified atom stereocenters. The first-order chi connectivity index (χ1) is 14.4. The monoisotopic (exact) mass is 409 g/mol. The molecule has 0 saturated heterocycles. The molecule has 5 nitrogen and oxygen atoms in total. The Bertz CT molecular complexity index is 840. The zero-order chi connectivity index (χ0) is 20.9. The third kappa shape index (κ3) is 3.12. The standard InChI is InChI=1S/C25H35N3O2/c1-24-11-7-18(29)15-17(24)3-4-19-20-5-6-22(25(20,2)12-8-21(19)24)27-28-23(30)16-9-13-26-14-10-16/h9-10,13-14,17-21,29H,3-8,11-12,15H2,1-2H3,(H,28,30)/b27-22+/t17-,18-,19-,20+,21-,24-,25-/m0/s1. The Hall–Kier alpha value is -1.75. The number of carbonyl (C=O) groups is 1. The number of rotatable bonds is 2. The lowest BCUT2D eigenvalue weighted by molar-refractivity contribution is -0.113. The van der Waals surface area contributed by atoms with Crippen molar-refractivity contribution in [2.24, 2.45) is 39.6 Å². The summed E-state index contributed by atoms with van der Waals surface area (Å²) in [5.74, 6) is 2.77. The van der Waals surface area contributed by atoms with Crippen LogP contribution in [0.25, 0.3) is 0 Å². The number of fused-ring (bicyclic) bond motifs is 5. The summed E-state index contributed by atoms with van der Waals surface area (Å²) in [7, 11) is 0. The highest BCUT2D eigenvalue weighted by Crippen LogP contribution is 2.65. The van der Waals surface area contributed by atoms with E-state index in [1.165, 1.54) is 44.2 Å². The first-order valence-corrected chi connectivity index (χ1v) is 11.9. The highest BCUT2D eigenvalue weighted by atomic mass is 16.3. The van der Waals surface area contributed by atoms with Crippen LogP contribution in [-0.4, -0.2) is 27.8 Å². The van der Waals surface area contributed by atoms with Gasteiger partial charge in [0.1, 0.15) is 0 Å². The van der Waals surface area contributed by atoms with Crippen LogP contribution in [0.5, 0.6) is 0 Å². The molecule has 5 heteroatoms. The van der Waals surface area contributed by atoms with Crippen molar-refractivity contribution in [2.45, 2.75) is 77.7 Å². The smallest absolute Gasteiger partial charge is 0.271 e. The second kappa shape index (κ2) is 7.44. The number of hydrogen-bond acceptors (Lipinski definition) is 4. The molecule has 1 heterocycles. The summed E-state index contributed by atoms with van der Waals surface area (Å²) in [5, 5.41) is 14.9. The summed E-state index contributed by atoms with van der Waals surface area (Å²) in [6.45, 7) is 4.93. The van der Waals surface area contributed by atoms with E-state index in [2.05, 4.69) is 29.4 Å². The van der Waals surface area contributed by atoms with Gasteiger partial charge in [0.05, 0.1) is 6.10 Å². The highest BCUT2D eigenvalue weighted by molar-refractivity contribution is 5.97. The fraction of sp³-hybridized carbons (Fsp3) is 0.720. The number of carbonyl (C=O) groups excluding carboxylic acids is 1. The van der Waals surface area contributed by atoms with E-state index in [0.29, 0.717) is 22.8 Å². The molecule has 1 aromatic rings. The van der Waals surface area contributed by atoms with E-state index in [1.807, 2.05) is 0 Å². The minimum Gasteiger partial charge on any atom is -0.393 e. The number of aromatic nitrogens is 1. The van der Waals surface area contributed by atoms with E-state index in [0.717, 1.165) is 31.1 Å². The molecule has 0 radical (unpaired) electrons. The van der Waals surface area contributed by atoms with Gasteiger partial charge < -0.3 is 5.11 Å². The van der Waals surface area contributed by atoms with Crippen LogP contribution in [0.2, 0.25) is 0 Å². The Morgan fingerprint density at radius 3 is 2.70 bits per heavy atom. The van der Waals surface area contributed by atoms with Crippen molar-refractivity contribution in [2.75, 3.05) is 0 Å². The molecular formula is C25H35N3O2. The summed E-state index contributed by atoms with van der Waals surface area (Å²) in [5.41, 5.74) is 5.13. The van der Waals surface area contributed by atoms with Crippen LogP contribution in [-0.2, 0) is 0 Å². The Kier molecular flexibility index (Phi) is 5.00. The van der Waals surface area contributed by atoms with Gasteiger partial charge in [0.25, 0.3) is 5.91 Å². The maximum Gasteiger partial charge on any atom is 0.271 e. The van der Waals surface area contributed by atoms with Crippen molar-refractivity contribution in [1.82, 2.24) is 10.4 Å². The fourth-order valence-corrected chi connectivity index (χ4v) is 7.89. The molecule has 1 amide bonds. The number of aliphatic hydroxyl groups excluding tert-OH is 1. The van der Waals surface area contributed by atoms with Gasteiger partial charge in [0.15, 0.2) is 0 Å². The van der Waals surface area contributed by atoms with E-state index in [4.69, 9.17) is 0 Å². The van der Waals surface area contributed by atoms with Gasteiger partial charge in [-0.3, -0.25) is 9.78 Å². The van der Waals surface area contributed by atoms with Crippen LogP contribution in [0.15, 0.2) is 29.6 Å². The van der Waals surface area contributed by atoms with Crippen LogP contribution in [0.1, 0.15) is 82.0 Å². The molecular weight excluding hydrogens is 374 g/mol. The lowest BCUT2D eigenvalue weighted by atomic mass is 9.45. The normalized spacial score (nSPS) is 44.1. The fourth-order valence-electron chi connectivity index (χ4n) is 7.89. The Morgan fingerprint density at radius 1 is 1.10 bits per heavy atom. The van der Waals surface area contributed by atoms with E-state index in [9.17, 15) is 9.90 Å². The maximum atomic E-state index is 12.5. The second-order valence-corrected chi connectivity index (χ2v) is 10.8. The van der Waals surface area contributed by atoms with Crippen LogP contribution < -0.4 is 5.43 Å². The Labute approximate surface area is 179 Å². The van der Waals surface area contributed by atoms with Crippen molar-refractivity contribution in [3.8, 4) is 0 Å². The van der Waals surface area contributed by atoms with Crippen molar-refractivity contribution in [3.63, 3.8) is 0 Å². The van der Waals surface area contributed by atoms with Gasteiger partial charge in [0.2, 0.25) is 0 Å². The molecule has 30 heavy (non-hydrogen) atoms. The predicted molar refractivity (Wildman–Crippen MR) is 117 cm³/mol. The Balaban J connectivity index is 1.33. The lowest BCUT2D eigenvalue weighted by Crippen LogP contribution is -2.54. The predicted octanol–water partition coefficient (Wildman–Crippen LogP) is 4.57. The quantitative estimate of drug-likeness (QED) is 0.703. The first kappa shape index (κ1) is 20.2. The number of nitrogens with one attached hydrogen (secondary N) is 1. The summed E-state index contributed by atoms with van der Waals surface area (Å²) in [6.07, 6.45) is 13.6. The number of hydrogen-bond donors (Lipinski definition) is 2. The number of aliphatic hydroxyl groups is 1. The third-order valence-corrected chi connectivity index (χ3v) is 9.61. The average molecular weight is 410 g/mol. The molecule has 162 valence electrons. The number of pyridine rings is 1. The molecule has 1 aromatic heterocycles. The van der Waals surface area contributed by atoms with Crippen molar-refractivity contribution in [3.05, 3.63) is 30.1 Å². The second-order valence-electron chi connectivity index (χ2n) is 10.8. The van der Waals surface area contributed by atoms with E-state index in [1.54, 1.807) is 24.5 Å². The molecule has 5 rings (SSSR count). The van der Waals surface area contributed by atoms with Crippen molar-refractivity contribution >= 4 is 11.6 Å². The lowest BCUT2D eigenvalue weighted by Gasteiger charge is -2.60. The molecule has 0 bridgehead atoms. The van der Waals surface area contributed by atoms with Gasteiger partial charge in [0, 0.05) is 29.1 Å². The molecule has 4 aliphatic rings. The summed E-state index contributed by atoms with van der Waals surface area (Å²) >= 11 is 0. The number of amides is 1. The molecule has 4 fully saturated rings. The summed E-state index contributed by atoms with van der Waals surface area (Å²) < 4.78 is 0. The molecule has 0 spiro atoms. The topological polar surface area (TPSA) is 74.6 Å². The largest absolute Gasteiger partial charge is 0.393 e. The van der Waals surface area contributed by atoms with Gasteiger partial charge in [-0.05, 0) is 99.0 Å². The zero-order valence-electron chi connectivity index (χ0n) is 18.3. The van der Waals surface area contributed by atoms with Gasteiger partial charge in [-0.25, -0.2) is 5.43 Å².